The van der Waals surface area contributed by atoms with Crippen LogP contribution >= 0.6 is 0 Å². The Morgan fingerprint density at radius 1 is 0.353 bits per heavy atom. The van der Waals surface area contributed by atoms with Crippen LogP contribution < -0.4 is 0 Å². The highest BCUT2D eigenvalue weighted by atomic mass is 16.2. The Morgan fingerprint density at radius 2 is 0.559 bits per heavy atom. The van der Waals surface area contributed by atoms with Crippen molar-refractivity contribution in [3.05, 3.63) is 0 Å². The number of rotatable bonds is 29. The molecule has 0 bridgehead atoms. The summed E-state index contributed by atoms with van der Waals surface area (Å²) < 4.78 is 0. The second-order valence-electron chi connectivity index (χ2n) is 10.9. The maximum Gasteiger partial charge on any atom is 0.198 e. The van der Waals surface area contributed by atoms with E-state index in [2.05, 4.69) is 6.92 Å². The van der Waals surface area contributed by atoms with Gasteiger partial charge in [-0.25, -0.2) is 0 Å². The van der Waals surface area contributed by atoms with Gasteiger partial charge in [0.25, 0.3) is 0 Å². The van der Waals surface area contributed by atoms with Gasteiger partial charge in [-0.2, -0.15) is 0 Å². The normalized spacial score (nSPS) is 11.2. The first-order valence-electron chi connectivity index (χ1n) is 15.7. The highest BCUT2D eigenvalue weighted by Gasteiger charge is 2.06. The molecule has 202 valence electrons. The van der Waals surface area contributed by atoms with Gasteiger partial charge in [0.15, 0.2) is 11.6 Å². The van der Waals surface area contributed by atoms with Crippen LogP contribution in [0.1, 0.15) is 194 Å². The van der Waals surface area contributed by atoms with Crippen molar-refractivity contribution in [2.24, 2.45) is 0 Å². The second kappa shape index (κ2) is 28.6. The van der Waals surface area contributed by atoms with Crippen molar-refractivity contribution in [1.29, 1.82) is 0 Å². The monoisotopic (exact) mass is 478 g/mol. The minimum atomic E-state index is -0.283. The van der Waals surface area contributed by atoms with Crippen molar-refractivity contribution in [2.75, 3.05) is 0 Å². The molecule has 0 radical (unpaired) electrons. The third-order valence-corrected chi connectivity index (χ3v) is 7.40. The van der Waals surface area contributed by atoms with Crippen LogP contribution in [0.25, 0.3) is 0 Å². The van der Waals surface area contributed by atoms with E-state index in [1.807, 2.05) is 0 Å². The largest absolute Gasteiger partial charge is 0.291 e. The minimum Gasteiger partial charge on any atom is -0.291 e. The zero-order valence-corrected chi connectivity index (χ0v) is 23.6. The van der Waals surface area contributed by atoms with E-state index >= 15 is 0 Å². The van der Waals surface area contributed by atoms with Gasteiger partial charge in [0, 0.05) is 13.3 Å². The summed E-state index contributed by atoms with van der Waals surface area (Å²) in [4.78, 5) is 22.1. The van der Waals surface area contributed by atoms with Crippen LogP contribution in [0.2, 0.25) is 0 Å². The van der Waals surface area contributed by atoms with Gasteiger partial charge >= 0.3 is 0 Å². The molecule has 0 aliphatic rings. The molecule has 0 aromatic heterocycles. The fourth-order valence-electron chi connectivity index (χ4n) is 4.95. The predicted octanol–water partition coefficient (Wildman–Crippen LogP) is 11.1. The van der Waals surface area contributed by atoms with Crippen LogP contribution in [0.4, 0.5) is 0 Å². The molecule has 0 aromatic carbocycles. The van der Waals surface area contributed by atoms with Crippen LogP contribution in [-0.4, -0.2) is 11.6 Å². The predicted molar refractivity (Wildman–Crippen MR) is 151 cm³/mol. The van der Waals surface area contributed by atoms with Crippen molar-refractivity contribution in [3.8, 4) is 0 Å². The third-order valence-electron chi connectivity index (χ3n) is 7.40. The van der Waals surface area contributed by atoms with Gasteiger partial charge in [0.05, 0.1) is 0 Å². The van der Waals surface area contributed by atoms with Gasteiger partial charge in [-0.3, -0.25) is 9.59 Å². The molecule has 0 fully saturated rings. The highest BCUT2D eigenvalue weighted by molar-refractivity contribution is 6.36. The molecule has 0 heterocycles. The lowest BCUT2D eigenvalue weighted by Gasteiger charge is -2.04. The number of hydrogen-bond acceptors (Lipinski definition) is 2. The maximum absolute atomic E-state index is 11.2. The Balaban J connectivity index is 3.05. The lowest BCUT2D eigenvalue weighted by Crippen LogP contribution is -2.08. The van der Waals surface area contributed by atoms with E-state index in [4.69, 9.17) is 0 Å². The van der Waals surface area contributed by atoms with E-state index < -0.39 is 0 Å². The van der Waals surface area contributed by atoms with E-state index in [9.17, 15) is 9.59 Å². The van der Waals surface area contributed by atoms with Crippen LogP contribution in [0, 0.1) is 0 Å². The number of carbonyl (C=O) groups is 2. The summed E-state index contributed by atoms with van der Waals surface area (Å²) in [5.41, 5.74) is 0. The number of ketones is 2. The van der Waals surface area contributed by atoms with Crippen molar-refractivity contribution in [1.82, 2.24) is 0 Å². The van der Waals surface area contributed by atoms with E-state index in [0.29, 0.717) is 6.42 Å². The molecule has 2 nitrogen and oxygen atoms in total. The van der Waals surface area contributed by atoms with E-state index in [1.54, 1.807) is 0 Å². The summed E-state index contributed by atoms with van der Waals surface area (Å²) in [5, 5.41) is 0. The minimum absolute atomic E-state index is 0.195. The lowest BCUT2D eigenvalue weighted by atomic mass is 10.0. The summed E-state index contributed by atoms with van der Waals surface area (Å²) in [6.07, 6.45) is 38.0. The molecule has 0 aromatic rings. The molecule has 2 heteroatoms. The first kappa shape index (κ1) is 33.3. The molecular weight excluding hydrogens is 416 g/mol. The second-order valence-corrected chi connectivity index (χ2v) is 10.9. The van der Waals surface area contributed by atoms with E-state index in [0.717, 1.165) is 12.8 Å². The zero-order chi connectivity index (χ0) is 25.0. The maximum atomic E-state index is 11.2. The molecule has 0 unspecified atom stereocenters. The molecule has 0 spiro atoms. The first-order chi connectivity index (χ1) is 16.7. The van der Waals surface area contributed by atoms with Crippen LogP contribution in [0.15, 0.2) is 0 Å². The Kier molecular flexibility index (Phi) is 28.0. The molecule has 0 N–H and O–H groups in total. The topological polar surface area (TPSA) is 34.1 Å². The van der Waals surface area contributed by atoms with E-state index in [1.165, 1.54) is 167 Å². The molecule has 0 aliphatic carbocycles. The van der Waals surface area contributed by atoms with Gasteiger partial charge in [0.2, 0.25) is 0 Å². The summed E-state index contributed by atoms with van der Waals surface area (Å²) >= 11 is 0. The van der Waals surface area contributed by atoms with Crippen LogP contribution in [0.5, 0.6) is 0 Å². The number of carbonyl (C=O) groups excluding carboxylic acids is 2. The third kappa shape index (κ3) is 27.6. The molecule has 34 heavy (non-hydrogen) atoms. The first-order valence-corrected chi connectivity index (χ1v) is 15.7. The number of hydrogen-bond donors (Lipinski definition) is 0. The Hall–Kier alpha value is -0.660. The fourth-order valence-corrected chi connectivity index (χ4v) is 4.95. The van der Waals surface area contributed by atoms with Gasteiger partial charge in [-0.15, -0.1) is 0 Å². The van der Waals surface area contributed by atoms with Gasteiger partial charge < -0.3 is 0 Å². The summed E-state index contributed by atoms with van der Waals surface area (Å²) in [7, 11) is 0. The molecule has 0 saturated carbocycles. The quantitative estimate of drug-likeness (QED) is 0.0791. The molecular formula is C32H62O2. The molecule has 0 rings (SSSR count). The lowest BCUT2D eigenvalue weighted by molar-refractivity contribution is -0.135. The Morgan fingerprint density at radius 3 is 0.765 bits per heavy atom. The average Bonchev–Trinajstić information content (AvgIpc) is 2.83. The summed E-state index contributed by atoms with van der Waals surface area (Å²) in [6, 6.07) is 0. The smallest absolute Gasteiger partial charge is 0.198 e. The molecule has 0 saturated heterocycles. The Labute approximate surface area is 214 Å². The average molecular weight is 479 g/mol. The number of Topliss-reactive ketones (excluding diaryl/α,β-unsaturated/α-hetero) is 2. The van der Waals surface area contributed by atoms with Crippen molar-refractivity contribution in [3.63, 3.8) is 0 Å². The Bertz CT molecular complexity index is 429. The van der Waals surface area contributed by atoms with Crippen molar-refractivity contribution >= 4 is 11.6 Å². The summed E-state index contributed by atoms with van der Waals surface area (Å²) in [6.45, 7) is 3.67. The summed E-state index contributed by atoms with van der Waals surface area (Å²) in [5.74, 6) is -0.477. The standard InChI is InChI=1S/C32H62O2/c1-3-4-5-6-7-8-9-10-11-12-13-14-15-16-17-18-19-20-21-22-23-24-25-26-27-28-29-30-32(34)31(2)33/h3-30H2,1-2H3. The van der Waals surface area contributed by atoms with Gasteiger partial charge in [0.1, 0.15) is 0 Å². The fraction of sp³-hybridized carbons (Fsp3) is 0.938. The van der Waals surface area contributed by atoms with Crippen molar-refractivity contribution < 1.29 is 9.59 Å². The van der Waals surface area contributed by atoms with Gasteiger partial charge in [-0.05, 0) is 6.42 Å². The molecule has 0 aliphatic heterocycles. The van der Waals surface area contributed by atoms with Gasteiger partial charge in [-0.1, -0.05) is 174 Å². The highest BCUT2D eigenvalue weighted by Crippen LogP contribution is 2.16. The van der Waals surface area contributed by atoms with Crippen LogP contribution in [-0.2, 0) is 9.59 Å². The van der Waals surface area contributed by atoms with E-state index in [-0.39, 0.29) is 11.6 Å². The molecule has 0 atom stereocenters. The van der Waals surface area contributed by atoms with Crippen LogP contribution in [0.3, 0.4) is 0 Å². The van der Waals surface area contributed by atoms with Crippen molar-refractivity contribution in [2.45, 2.75) is 194 Å². The zero-order valence-electron chi connectivity index (χ0n) is 23.6. The SMILES string of the molecule is CCCCCCCCCCCCCCCCCCCCCCCCCCCCCC(=O)C(C)=O. The number of unbranched alkanes of at least 4 members (excludes halogenated alkanes) is 26. The molecule has 0 amide bonds.